The van der Waals surface area contributed by atoms with Gasteiger partial charge in [-0.2, -0.15) is 0 Å². The summed E-state index contributed by atoms with van der Waals surface area (Å²) in [6.45, 7) is 6.01. The van der Waals surface area contributed by atoms with Gasteiger partial charge in [0.25, 0.3) is 5.24 Å². The standard InChI is InChI=1S/C12H13ClO2/c1-3-5-9-6-7-11(15-4-2)10(8-9)12(13)14/h3,6-8H,1,4-5H2,2H3. The van der Waals surface area contributed by atoms with E-state index in [1.807, 2.05) is 13.0 Å². The van der Waals surface area contributed by atoms with Gasteiger partial charge in [0.1, 0.15) is 5.75 Å². The Morgan fingerprint density at radius 3 is 2.87 bits per heavy atom. The van der Waals surface area contributed by atoms with Crippen LogP contribution in [-0.2, 0) is 6.42 Å². The number of hydrogen-bond donors (Lipinski definition) is 0. The van der Waals surface area contributed by atoms with Gasteiger partial charge >= 0.3 is 0 Å². The molecule has 1 aromatic carbocycles. The fourth-order valence-corrected chi connectivity index (χ4v) is 1.45. The molecule has 0 aliphatic heterocycles. The zero-order valence-electron chi connectivity index (χ0n) is 8.63. The summed E-state index contributed by atoms with van der Waals surface area (Å²) in [7, 11) is 0. The van der Waals surface area contributed by atoms with Crippen LogP contribution in [0.4, 0.5) is 0 Å². The molecule has 0 atom stereocenters. The Kier molecular flexibility index (Phi) is 4.37. The minimum absolute atomic E-state index is 0.415. The van der Waals surface area contributed by atoms with Gasteiger partial charge in [-0.25, -0.2) is 0 Å². The van der Waals surface area contributed by atoms with Crippen LogP contribution in [0.25, 0.3) is 0 Å². The summed E-state index contributed by atoms with van der Waals surface area (Å²) < 4.78 is 5.30. The molecule has 0 aromatic heterocycles. The Bertz CT molecular complexity index is 372. The minimum atomic E-state index is -0.496. The van der Waals surface area contributed by atoms with E-state index in [1.54, 1.807) is 18.2 Å². The zero-order chi connectivity index (χ0) is 11.3. The van der Waals surface area contributed by atoms with E-state index in [-0.39, 0.29) is 0 Å². The molecule has 3 heteroatoms. The molecular formula is C12H13ClO2. The van der Waals surface area contributed by atoms with Gasteiger partial charge in [0.2, 0.25) is 0 Å². The van der Waals surface area contributed by atoms with Crippen LogP contribution in [0, 0.1) is 0 Å². The lowest BCUT2D eigenvalue weighted by molar-refractivity contribution is 0.107. The van der Waals surface area contributed by atoms with E-state index in [0.29, 0.717) is 24.3 Å². The van der Waals surface area contributed by atoms with Crippen LogP contribution in [0.15, 0.2) is 30.9 Å². The van der Waals surface area contributed by atoms with E-state index in [1.165, 1.54) is 0 Å². The summed E-state index contributed by atoms with van der Waals surface area (Å²) in [6, 6.07) is 5.40. The maximum absolute atomic E-state index is 11.2. The van der Waals surface area contributed by atoms with E-state index >= 15 is 0 Å². The molecule has 0 spiro atoms. The summed E-state index contributed by atoms with van der Waals surface area (Å²) in [5, 5.41) is -0.496. The average molecular weight is 225 g/mol. The van der Waals surface area contributed by atoms with Crippen molar-refractivity contribution in [2.75, 3.05) is 6.61 Å². The van der Waals surface area contributed by atoms with Crippen molar-refractivity contribution >= 4 is 16.8 Å². The van der Waals surface area contributed by atoms with E-state index in [4.69, 9.17) is 16.3 Å². The monoisotopic (exact) mass is 224 g/mol. The summed E-state index contributed by atoms with van der Waals surface area (Å²) in [6.07, 6.45) is 2.49. The van der Waals surface area contributed by atoms with E-state index in [0.717, 1.165) is 5.56 Å². The van der Waals surface area contributed by atoms with Crippen LogP contribution < -0.4 is 4.74 Å². The Morgan fingerprint density at radius 2 is 2.33 bits per heavy atom. The van der Waals surface area contributed by atoms with Crippen molar-refractivity contribution in [1.29, 1.82) is 0 Å². The number of halogens is 1. The van der Waals surface area contributed by atoms with Gasteiger partial charge in [-0.15, -0.1) is 6.58 Å². The lowest BCUT2D eigenvalue weighted by Crippen LogP contribution is -2.00. The molecule has 0 radical (unpaired) electrons. The fraction of sp³-hybridized carbons (Fsp3) is 0.250. The van der Waals surface area contributed by atoms with Gasteiger partial charge in [-0.05, 0) is 42.6 Å². The molecule has 0 saturated heterocycles. The van der Waals surface area contributed by atoms with Gasteiger partial charge in [0, 0.05) is 0 Å². The second-order valence-corrected chi connectivity index (χ2v) is 3.37. The van der Waals surface area contributed by atoms with Crippen molar-refractivity contribution < 1.29 is 9.53 Å². The smallest absolute Gasteiger partial charge is 0.256 e. The number of carbonyl (C=O) groups is 1. The second-order valence-electron chi connectivity index (χ2n) is 3.03. The van der Waals surface area contributed by atoms with E-state index in [9.17, 15) is 4.79 Å². The van der Waals surface area contributed by atoms with Crippen molar-refractivity contribution in [3.05, 3.63) is 42.0 Å². The first-order valence-corrected chi connectivity index (χ1v) is 5.13. The molecule has 1 aromatic rings. The molecule has 0 bridgehead atoms. The first-order chi connectivity index (χ1) is 7.19. The van der Waals surface area contributed by atoms with Crippen molar-refractivity contribution in [3.63, 3.8) is 0 Å². The Labute approximate surface area is 94.5 Å². The number of carbonyl (C=O) groups excluding carboxylic acids is 1. The predicted molar refractivity (Wildman–Crippen MR) is 61.7 cm³/mol. The third kappa shape index (κ3) is 3.10. The number of ether oxygens (including phenoxy) is 1. The van der Waals surface area contributed by atoms with Gasteiger partial charge in [0.05, 0.1) is 12.2 Å². The Hall–Kier alpha value is -1.28. The van der Waals surface area contributed by atoms with Gasteiger partial charge in [-0.1, -0.05) is 12.1 Å². The Morgan fingerprint density at radius 1 is 1.60 bits per heavy atom. The normalized spacial score (nSPS) is 9.73. The van der Waals surface area contributed by atoms with Crippen molar-refractivity contribution in [2.24, 2.45) is 0 Å². The van der Waals surface area contributed by atoms with Gasteiger partial charge in [0.15, 0.2) is 0 Å². The number of benzene rings is 1. The molecule has 0 unspecified atom stereocenters. The van der Waals surface area contributed by atoms with Gasteiger partial charge in [-0.3, -0.25) is 4.79 Å². The first kappa shape index (κ1) is 11.8. The average Bonchev–Trinajstić information content (AvgIpc) is 2.21. The predicted octanol–water partition coefficient (Wildman–Crippen LogP) is 3.19. The fourth-order valence-electron chi connectivity index (χ4n) is 1.31. The lowest BCUT2D eigenvalue weighted by atomic mass is 10.1. The van der Waals surface area contributed by atoms with Crippen LogP contribution in [0.2, 0.25) is 0 Å². The van der Waals surface area contributed by atoms with Crippen molar-refractivity contribution in [3.8, 4) is 5.75 Å². The molecule has 0 N–H and O–H groups in total. The summed E-state index contributed by atoms with van der Waals surface area (Å²) in [4.78, 5) is 11.2. The van der Waals surface area contributed by atoms with Gasteiger partial charge < -0.3 is 4.74 Å². The van der Waals surface area contributed by atoms with Crippen LogP contribution in [-0.4, -0.2) is 11.8 Å². The second kappa shape index (κ2) is 5.56. The topological polar surface area (TPSA) is 26.3 Å². The lowest BCUT2D eigenvalue weighted by Gasteiger charge is -2.08. The van der Waals surface area contributed by atoms with Crippen molar-refractivity contribution in [1.82, 2.24) is 0 Å². The highest BCUT2D eigenvalue weighted by Gasteiger charge is 2.10. The van der Waals surface area contributed by atoms with Crippen molar-refractivity contribution in [2.45, 2.75) is 13.3 Å². The Balaban J connectivity index is 3.08. The number of rotatable bonds is 5. The molecule has 15 heavy (non-hydrogen) atoms. The first-order valence-electron chi connectivity index (χ1n) is 4.75. The summed E-state index contributed by atoms with van der Waals surface area (Å²) in [5.41, 5.74) is 1.41. The highest BCUT2D eigenvalue weighted by atomic mass is 35.5. The molecule has 0 amide bonds. The van der Waals surface area contributed by atoms with E-state index < -0.39 is 5.24 Å². The molecule has 0 saturated carbocycles. The minimum Gasteiger partial charge on any atom is -0.493 e. The maximum Gasteiger partial charge on any atom is 0.256 e. The number of hydrogen-bond acceptors (Lipinski definition) is 2. The third-order valence-corrected chi connectivity index (χ3v) is 2.14. The summed E-state index contributed by atoms with van der Waals surface area (Å²) >= 11 is 5.47. The third-order valence-electron chi connectivity index (χ3n) is 1.94. The quantitative estimate of drug-likeness (QED) is 0.567. The molecule has 80 valence electrons. The molecule has 0 aliphatic rings. The van der Waals surface area contributed by atoms with Crippen LogP contribution >= 0.6 is 11.6 Å². The van der Waals surface area contributed by atoms with Crippen LogP contribution in [0.3, 0.4) is 0 Å². The highest BCUT2D eigenvalue weighted by molar-refractivity contribution is 6.68. The largest absolute Gasteiger partial charge is 0.493 e. The SMILES string of the molecule is C=CCc1ccc(OCC)c(C(=O)Cl)c1. The van der Waals surface area contributed by atoms with Crippen LogP contribution in [0.1, 0.15) is 22.8 Å². The maximum atomic E-state index is 11.2. The molecule has 0 aliphatic carbocycles. The molecule has 1 rings (SSSR count). The molecular weight excluding hydrogens is 212 g/mol. The number of allylic oxidation sites excluding steroid dienone is 1. The zero-order valence-corrected chi connectivity index (χ0v) is 9.38. The molecule has 0 fully saturated rings. The van der Waals surface area contributed by atoms with Crippen LogP contribution in [0.5, 0.6) is 5.75 Å². The molecule has 0 heterocycles. The summed E-state index contributed by atoms with van der Waals surface area (Å²) in [5.74, 6) is 0.533. The highest BCUT2D eigenvalue weighted by Crippen LogP contribution is 2.22. The van der Waals surface area contributed by atoms with E-state index in [2.05, 4.69) is 6.58 Å². The molecule has 2 nitrogen and oxygen atoms in total.